The van der Waals surface area contributed by atoms with E-state index in [1.165, 1.54) is 30.5 Å². The quantitative estimate of drug-likeness (QED) is 0.163. The summed E-state index contributed by atoms with van der Waals surface area (Å²) in [4.78, 5) is 31.5. The van der Waals surface area contributed by atoms with Gasteiger partial charge in [-0.15, -0.1) is 0 Å². The Hall–Kier alpha value is -5.25. The molecule has 12 heteroatoms. The fraction of sp³-hybridized carbons (Fsp3) is 0.212. The van der Waals surface area contributed by atoms with Gasteiger partial charge in [-0.2, -0.15) is 0 Å². The van der Waals surface area contributed by atoms with Crippen LogP contribution in [0, 0.1) is 6.57 Å². The highest BCUT2D eigenvalue weighted by molar-refractivity contribution is 7.89. The van der Waals surface area contributed by atoms with Crippen LogP contribution in [0.25, 0.3) is 4.85 Å². The highest BCUT2D eigenvalue weighted by Crippen LogP contribution is 2.33. The van der Waals surface area contributed by atoms with Crippen LogP contribution in [0.15, 0.2) is 96.0 Å². The summed E-state index contributed by atoms with van der Waals surface area (Å²) in [7, 11) is -3.85. The van der Waals surface area contributed by atoms with Gasteiger partial charge in [-0.25, -0.2) is 27.8 Å². The van der Waals surface area contributed by atoms with Gasteiger partial charge in [0, 0.05) is 12.3 Å². The first kappa shape index (κ1) is 31.2. The van der Waals surface area contributed by atoms with Crippen LogP contribution in [0.3, 0.4) is 0 Å². The Morgan fingerprint density at radius 2 is 1.69 bits per heavy atom. The molecule has 0 aliphatic heterocycles. The number of carbonyl (C=O) groups is 2. The number of hydrogen-bond donors (Lipinski definition) is 3. The van der Waals surface area contributed by atoms with E-state index in [1.54, 1.807) is 60.7 Å². The second-order valence-electron chi connectivity index (χ2n) is 10.6. The van der Waals surface area contributed by atoms with Gasteiger partial charge < -0.3 is 19.9 Å². The van der Waals surface area contributed by atoms with Crippen LogP contribution in [-0.4, -0.2) is 42.5 Å². The molecule has 4 aromatic rings. The normalized spacial score (nSPS) is 13.8. The Bertz CT molecular complexity index is 1830. The number of nitrogens with zero attached hydrogens (tertiary/aromatic N) is 2. The lowest BCUT2D eigenvalue weighted by Crippen LogP contribution is -2.50. The first-order valence-corrected chi connectivity index (χ1v) is 15.6. The van der Waals surface area contributed by atoms with E-state index in [0.29, 0.717) is 35.8 Å². The smallest absolute Gasteiger partial charge is 0.337 e. The van der Waals surface area contributed by atoms with Crippen molar-refractivity contribution >= 4 is 33.3 Å². The molecule has 1 fully saturated rings. The van der Waals surface area contributed by atoms with Crippen molar-refractivity contribution in [2.75, 3.05) is 11.9 Å². The predicted molar refractivity (Wildman–Crippen MR) is 166 cm³/mol. The number of rotatable bonds is 12. The van der Waals surface area contributed by atoms with Crippen molar-refractivity contribution in [3.8, 4) is 17.4 Å². The van der Waals surface area contributed by atoms with Crippen molar-refractivity contribution in [2.45, 2.75) is 42.5 Å². The number of carbonyl (C=O) groups excluding carboxylic acids is 1. The number of amides is 1. The minimum Gasteiger partial charge on any atom is -0.492 e. The van der Waals surface area contributed by atoms with Gasteiger partial charge in [0.15, 0.2) is 5.69 Å². The van der Waals surface area contributed by atoms with Crippen molar-refractivity contribution in [3.63, 3.8) is 0 Å². The van der Waals surface area contributed by atoms with Gasteiger partial charge in [0.05, 0.1) is 34.7 Å². The molecule has 0 atom stereocenters. The van der Waals surface area contributed by atoms with E-state index in [9.17, 15) is 23.1 Å². The fourth-order valence-electron chi connectivity index (χ4n) is 5.07. The lowest BCUT2D eigenvalue weighted by Gasteiger charge is -2.30. The van der Waals surface area contributed by atoms with E-state index in [0.717, 1.165) is 12.8 Å². The summed E-state index contributed by atoms with van der Waals surface area (Å²) in [6, 6.07) is 22.3. The van der Waals surface area contributed by atoms with E-state index < -0.39 is 21.5 Å². The van der Waals surface area contributed by atoms with Gasteiger partial charge in [0.2, 0.25) is 21.8 Å². The van der Waals surface area contributed by atoms with Gasteiger partial charge in [-0.05, 0) is 66.9 Å². The number of aromatic carboxylic acids is 1. The molecule has 230 valence electrons. The number of ether oxygens (including phenoxy) is 2. The Balaban J connectivity index is 1.15. The summed E-state index contributed by atoms with van der Waals surface area (Å²) in [5, 5.41) is 11.9. The highest BCUT2D eigenvalue weighted by atomic mass is 32.2. The van der Waals surface area contributed by atoms with Gasteiger partial charge in [-0.1, -0.05) is 43.2 Å². The molecule has 3 aromatic carbocycles. The molecular formula is C33H30N4O7S. The van der Waals surface area contributed by atoms with E-state index in [-0.39, 0.29) is 40.8 Å². The second-order valence-corrected chi connectivity index (χ2v) is 12.3. The fourth-order valence-corrected chi connectivity index (χ4v) is 6.56. The molecule has 1 aromatic heterocycles. The van der Waals surface area contributed by atoms with Crippen molar-refractivity contribution in [2.24, 2.45) is 0 Å². The van der Waals surface area contributed by atoms with Crippen molar-refractivity contribution in [1.29, 1.82) is 0 Å². The summed E-state index contributed by atoms with van der Waals surface area (Å²) in [5.41, 5.74) is 0.341. The molecule has 0 saturated heterocycles. The van der Waals surface area contributed by atoms with Gasteiger partial charge in [0.25, 0.3) is 0 Å². The zero-order valence-corrected chi connectivity index (χ0v) is 24.9. The lowest BCUT2D eigenvalue weighted by atomic mass is 10.0. The average molecular weight is 627 g/mol. The number of carboxylic acids is 1. The Kier molecular flexibility index (Phi) is 9.42. The maximum absolute atomic E-state index is 13.1. The molecule has 0 unspecified atom stereocenters. The number of nitrogens with one attached hydrogen (secondary N) is 2. The first-order valence-electron chi connectivity index (χ1n) is 14.1. The van der Waals surface area contributed by atoms with Gasteiger partial charge in [0.1, 0.15) is 18.1 Å². The maximum Gasteiger partial charge on any atom is 0.337 e. The zero-order valence-electron chi connectivity index (χ0n) is 24.1. The topological polar surface area (TPSA) is 148 Å². The molecule has 1 amide bonds. The van der Waals surface area contributed by atoms with E-state index in [4.69, 9.17) is 16.0 Å². The number of benzene rings is 3. The molecule has 3 N–H and O–H groups in total. The summed E-state index contributed by atoms with van der Waals surface area (Å²) >= 11 is 0. The van der Waals surface area contributed by atoms with E-state index >= 15 is 0 Å². The van der Waals surface area contributed by atoms with Crippen LogP contribution in [0.4, 0.5) is 11.4 Å². The Labute approximate surface area is 260 Å². The number of para-hydroxylation sites is 1. The van der Waals surface area contributed by atoms with E-state index in [2.05, 4.69) is 19.9 Å². The van der Waals surface area contributed by atoms with E-state index in [1.807, 2.05) is 0 Å². The van der Waals surface area contributed by atoms with Crippen molar-refractivity contribution < 1.29 is 32.6 Å². The minimum absolute atomic E-state index is 0.00169. The third-order valence-corrected chi connectivity index (χ3v) is 8.90. The van der Waals surface area contributed by atoms with Crippen LogP contribution < -0.4 is 19.5 Å². The number of carboxylic acid groups (broad SMARTS) is 1. The second kappa shape index (κ2) is 13.6. The summed E-state index contributed by atoms with van der Waals surface area (Å²) < 4.78 is 41.0. The first-order chi connectivity index (χ1) is 21.6. The van der Waals surface area contributed by atoms with Crippen LogP contribution in [0.2, 0.25) is 0 Å². The van der Waals surface area contributed by atoms with Crippen LogP contribution in [0.5, 0.6) is 17.4 Å². The average Bonchev–Trinajstić information content (AvgIpc) is 3.49. The Morgan fingerprint density at radius 3 is 2.38 bits per heavy atom. The molecule has 0 spiro atoms. The van der Waals surface area contributed by atoms with Crippen molar-refractivity contribution in [1.82, 2.24) is 9.71 Å². The summed E-state index contributed by atoms with van der Waals surface area (Å²) in [6.07, 6.45) is 4.52. The largest absolute Gasteiger partial charge is 0.492 e. The standard InChI is InChI=1S/C33H30N4O7S/c1-34-24-7-6-8-27(20-24)45(41,42)37-33(17-4-5-18-33)22-43-25-12-14-26(15-13-25)44-31-16-11-23(21-35-31)19-30(38)36-29-10-3-2-9-28(29)32(39)40/h2-3,6-16,20-21,37H,4-5,17-19,22H2,(H,36,38)(H,39,40). The van der Waals surface area contributed by atoms with Gasteiger partial charge >= 0.3 is 5.97 Å². The molecule has 0 bridgehead atoms. The number of aromatic nitrogens is 1. The third kappa shape index (κ3) is 8.03. The maximum atomic E-state index is 13.1. The molecular weight excluding hydrogens is 596 g/mol. The van der Waals surface area contributed by atoms with Crippen LogP contribution in [-0.2, 0) is 21.2 Å². The molecule has 0 radical (unpaired) electrons. The molecule has 1 aliphatic rings. The number of anilines is 1. The number of sulfonamides is 1. The molecule has 11 nitrogen and oxygen atoms in total. The molecule has 45 heavy (non-hydrogen) atoms. The van der Waals surface area contributed by atoms with Crippen LogP contribution >= 0.6 is 0 Å². The van der Waals surface area contributed by atoms with Crippen LogP contribution in [0.1, 0.15) is 41.6 Å². The van der Waals surface area contributed by atoms with Gasteiger partial charge in [-0.3, -0.25) is 4.79 Å². The van der Waals surface area contributed by atoms with Crippen molar-refractivity contribution in [3.05, 3.63) is 114 Å². The number of pyridine rings is 1. The molecule has 5 rings (SSSR count). The minimum atomic E-state index is -3.85. The predicted octanol–water partition coefficient (Wildman–Crippen LogP) is 5.97. The number of hydrogen-bond acceptors (Lipinski definition) is 7. The summed E-state index contributed by atoms with van der Waals surface area (Å²) in [5.74, 6) is -0.153. The molecule has 1 heterocycles. The lowest BCUT2D eigenvalue weighted by molar-refractivity contribution is -0.115. The zero-order chi connectivity index (χ0) is 31.9. The molecule has 1 saturated carbocycles. The Morgan fingerprint density at radius 1 is 0.956 bits per heavy atom. The third-order valence-electron chi connectivity index (χ3n) is 7.32. The highest BCUT2D eigenvalue weighted by Gasteiger charge is 2.39. The summed E-state index contributed by atoms with van der Waals surface area (Å²) in [6.45, 7) is 7.32. The SMILES string of the molecule is [C-]#[N+]c1cccc(S(=O)(=O)NC2(COc3ccc(Oc4ccc(CC(=O)Nc5ccccc5C(=O)O)cn4)cc3)CCCC2)c1. The molecule has 1 aliphatic carbocycles. The monoisotopic (exact) mass is 626 g/mol.